The van der Waals surface area contributed by atoms with E-state index in [1.54, 1.807) is 0 Å². The maximum absolute atomic E-state index is 13.5. The van der Waals surface area contributed by atoms with E-state index in [2.05, 4.69) is 5.32 Å². The SMILES string of the molecule is O=C(COC(=O)c1cc2c(s1)CCCCC2)Nc1ccc(F)cc1F. The van der Waals surface area contributed by atoms with E-state index >= 15 is 0 Å². The molecule has 0 saturated carbocycles. The monoisotopic (exact) mass is 365 g/mol. The fourth-order valence-corrected chi connectivity index (χ4v) is 3.89. The van der Waals surface area contributed by atoms with E-state index in [0.717, 1.165) is 37.8 Å². The Labute approximate surface area is 147 Å². The van der Waals surface area contributed by atoms with Crippen LogP contribution in [0.5, 0.6) is 0 Å². The first kappa shape index (κ1) is 17.5. The van der Waals surface area contributed by atoms with Crippen LogP contribution in [0, 0.1) is 11.6 Å². The molecule has 1 amide bonds. The molecule has 4 nitrogen and oxygen atoms in total. The lowest BCUT2D eigenvalue weighted by Gasteiger charge is -2.07. The molecule has 0 unspecified atom stereocenters. The van der Waals surface area contributed by atoms with Gasteiger partial charge in [-0.15, -0.1) is 11.3 Å². The maximum Gasteiger partial charge on any atom is 0.348 e. The van der Waals surface area contributed by atoms with E-state index < -0.39 is 30.1 Å². The summed E-state index contributed by atoms with van der Waals surface area (Å²) in [6.07, 6.45) is 5.36. The van der Waals surface area contributed by atoms with Gasteiger partial charge in [0.05, 0.1) is 5.69 Å². The number of thiophene rings is 1. The standard InChI is InChI=1S/C18H17F2NO3S/c19-12-6-7-14(13(20)9-12)21-17(22)10-24-18(23)16-8-11-4-2-1-3-5-15(11)25-16/h6-9H,1-5,10H2,(H,21,22). The molecule has 0 radical (unpaired) electrons. The number of carbonyl (C=O) groups excluding carboxylic acids is 2. The van der Waals surface area contributed by atoms with Crippen molar-refractivity contribution in [3.63, 3.8) is 0 Å². The molecule has 1 heterocycles. The highest BCUT2D eigenvalue weighted by atomic mass is 32.1. The molecule has 0 bridgehead atoms. The Balaban J connectivity index is 1.56. The van der Waals surface area contributed by atoms with Gasteiger partial charge in [0.25, 0.3) is 5.91 Å². The largest absolute Gasteiger partial charge is 0.451 e. The zero-order valence-corrected chi connectivity index (χ0v) is 14.3. The van der Waals surface area contributed by atoms with E-state index in [1.807, 2.05) is 6.07 Å². The van der Waals surface area contributed by atoms with Crippen LogP contribution in [0.25, 0.3) is 0 Å². The van der Waals surface area contributed by atoms with Crippen LogP contribution in [0.4, 0.5) is 14.5 Å². The van der Waals surface area contributed by atoms with Gasteiger partial charge in [0, 0.05) is 10.9 Å². The molecule has 3 rings (SSSR count). The molecular formula is C18H17F2NO3S. The number of hydrogen-bond acceptors (Lipinski definition) is 4. The predicted octanol–water partition coefficient (Wildman–Crippen LogP) is 4.09. The summed E-state index contributed by atoms with van der Waals surface area (Å²) in [6.45, 7) is -0.530. The molecule has 1 aromatic heterocycles. The van der Waals surface area contributed by atoms with Crippen molar-refractivity contribution in [2.45, 2.75) is 32.1 Å². The van der Waals surface area contributed by atoms with Gasteiger partial charge in [0.2, 0.25) is 0 Å². The third kappa shape index (κ3) is 4.42. The average molecular weight is 365 g/mol. The lowest BCUT2D eigenvalue weighted by Crippen LogP contribution is -2.21. The smallest absolute Gasteiger partial charge is 0.348 e. The minimum Gasteiger partial charge on any atom is -0.451 e. The van der Waals surface area contributed by atoms with Crippen molar-refractivity contribution in [3.8, 4) is 0 Å². The van der Waals surface area contributed by atoms with Gasteiger partial charge in [-0.3, -0.25) is 4.79 Å². The Hall–Kier alpha value is -2.28. The third-order valence-corrected chi connectivity index (χ3v) is 5.20. The summed E-state index contributed by atoms with van der Waals surface area (Å²) in [6, 6.07) is 4.65. The first-order valence-corrected chi connectivity index (χ1v) is 8.88. The van der Waals surface area contributed by atoms with Crippen molar-refractivity contribution in [2.24, 2.45) is 0 Å². The second-order valence-electron chi connectivity index (χ2n) is 5.87. The van der Waals surface area contributed by atoms with Gasteiger partial charge in [-0.25, -0.2) is 13.6 Å². The highest BCUT2D eigenvalue weighted by molar-refractivity contribution is 7.14. The van der Waals surface area contributed by atoms with Crippen LogP contribution >= 0.6 is 11.3 Å². The zero-order valence-electron chi connectivity index (χ0n) is 13.4. The number of ether oxygens (including phenoxy) is 1. The summed E-state index contributed by atoms with van der Waals surface area (Å²) in [7, 11) is 0. The molecule has 0 aliphatic heterocycles. The molecule has 2 aromatic rings. The summed E-state index contributed by atoms with van der Waals surface area (Å²) in [5, 5.41) is 2.25. The molecule has 0 saturated heterocycles. The van der Waals surface area contributed by atoms with Crippen LogP contribution in [0.3, 0.4) is 0 Å². The Morgan fingerprint density at radius 3 is 2.72 bits per heavy atom. The summed E-state index contributed by atoms with van der Waals surface area (Å²) in [5.41, 5.74) is 1.03. The van der Waals surface area contributed by atoms with E-state index in [-0.39, 0.29) is 5.69 Å². The van der Waals surface area contributed by atoms with Crippen molar-refractivity contribution >= 4 is 28.9 Å². The van der Waals surface area contributed by atoms with Crippen molar-refractivity contribution in [1.29, 1.82) is 0 Å². The quantitative estimate of drug-likeness (QED) is 0.656. The molecule has 25 heavy (non-hydrogen) atoms. The Morgan fingerprint density at radius 1 is 1.12 bits per heavy atom. The molecule has 0 spiro atoms. The highest BCUT2D eigenvalue weighted by Gasteiger charge is 2.18. The maximum atomic E-state index is 13.5. The summed E-state index contributed by atoms with van der Waals surface area (Å²) >= 11 is 1.41. The molecule has 1 aromatic carbocycles. The second kappa shape index (κ2) is 7.74. The normalized spacial score (nSPS) is 13.7. The Kier molecular flexibility index (Phi) is 5.43. The number of amides is 1. The van der Waals surface area contributed by atoms with Crippen LogP contribution in [-0.4, -0.2) is 18.5 Å². The van der Waals surface area contributed by atoms with E-state index in [1.165, 1.54) is 28.2 Å². The number of fused-ring (bicyclic) bond motifs is 1. The summed E-state index contributed by atoms with van der Waals surface area (Å²) in [5.74, 6) is -2.87. The number of rotatable bonds is 4. The van der Waals surface area contributed by atoms with Crippen LogP contribution in [-0.2, 0) is 22.4 Å². The summed E-state index contributed by atoms with van der Waals surface area (Å²) < 4.78 is 31.3. The fraction of sp³-hybridized carbons (Fsp3) is 0.333. The van der Waals surface area contributed by atoms with E-state index in [0.29, 0.717) is 10.9 Å². The topological polar surface area (TPSA) is 55.4 Å². The number of nitrogens with one attached hydrogen (secondary N) is 1. The van der Waals surface area contributed by atoms with Gasteiger partial charge in [-0.1, -0.05) is 6.42 Å². The van der Waals surface area contributed by atoms with Crippen molar-refractivity contribution in [1.82, 2.24) is 0 Å². The van der Waals surface area contributed by atoms with Crippen LogP contribution in [0.1, 0.15) is 39.4 Å². The Morgan fingerprint density at radius 2 is 1.92 bits per heavy atom. The molecule has 1 aliphatic carbocycles. The number of aryl methyl sites for hydroxylation is 2. The zero-order chi connectivity index (χ0) is 17.8. The van der Waals surface area contributed by atoms with Gasteiger partial charge in [0.1, 0.15) is 16.5 Å². The van der Waals surface area contributed by atoms with Crippen LogP contribution in [0.15, 0.2) is 24.3 Å². The summed E-state index contributed by atoms with van der Waals surface area (Å²) in [4.78, 5) is 25.6. The number of carbonyl (C=O) groups is 2. The Bertz CT molecular complexity index is 780. The van der Waals surface area contributed by atoms with Gasteiger partial charge < -0.3 is 10.1 Å². The van der Waals surface area contributed by atoms with Gasteiger partial charge in [0.15, 0.2) is 6.61 Å². The molecule has 1 aliphatic rings. The van der Waals surface area contributed by atoms with E-state index in [9.17, 15) is 18.4 Å². The lowest BCUT2D eigenvalue weighted by atomic mass is 10.1. The third-order valence-electron chi connectivity index (χ3n) is 3.99. The second-order valence-corrected chi connectivity index (χ2v) is 7.00. The molecule has 0 fully saturated rings. The molecular weight excluding hydrogens is 348 g/mol. The van der Waals surface area contributed by atoms with Crippen molar-refractivity contribution in [3.05, 3.63) is 51.2 Å². The molecule has 7 heteroatoms. The number of halogens is 2. The van der Waals surface area contributed by atoms with Crippen molar-refractivity contribution in [2.75, 3.05) is 11.9 Å². The minimum atomic E-state index is -0.887. The first-order chi connectivity index (χ1) is 12.0. The first-order valence-electron chi connectivity index (χ1n) is 8.06. The number of esters is 1. The van der Waals surface area contributed by atoms with Gasteiger partial charge in [-0.05, 0) is 49.4 Å². The van der Waals surface area contributed by atoms with Gasteiger partial charge >= 0.3 is 5.97 Å². The lowest BCUT2D eigenvalue weighted by molar-refractivity contribution is -0.119. The number of anilines is 1. The fourth-order valence-electron chi connectivity index (χ4n) is 2.75. The van der Waals surface area contributed by atoms with Crippen LogP contribution in [0.2, 0.25) is 0 Å². The highest BCUT2D eigenvalue weighted by Crippen LogP contribution is 2.29. The average Bonchev–Trinajstić information content (AvgIpc) is 2.86. The molecule has 1 N–H and O–H groups in total. The molecule has 132 valence electrons. The number of hydrogen-bond donors (Lipinski definition) is 1. The predicted molar refractivity (Wildman–Crippen MR) is 90.8 cm³/mol. The van der Waals surface area contributed by atoms with E-state index in [4.69, 9.17) is 4.74 Å². The molecule has 0 atom stereocenters. The van der Waals surface area contributed by atoms with Gasteiger partial charge in [-0.2, -0.15) is 0 Å². The minimum absolute atomic E-state index is 0.162. The van der Waals surface area contributed by atoms with Crippen molar-refractivity contribution < 1.29 is 23.1 Å². The number of benzene rings is 1. The van der Waals surface area contributed by atoms with Crippen LogP contribution < -0.4 is 5.32 Å².